The van der Waals surface area contributed by atoms with Crippen LogP contribution in [-0.4, -0.2) is 56.3 Å². The number of piperazine rings is 1. The van der Waals surface area contributed by atoms with Crippen molar-refractivity contribution in [1.29, 1.82) is 0 Å². The number of nitrogens with zero attached hydrogens (tertiary/aromatic N) is 3. The summed E-state index contributed by atoms with van der Waals surface area (Å²) in [6.07, 6.45) is 1.72. The quantitative estimate of drug-likeness (QED) is 0.675. The number of nitrogens with two attached hydrogens (primary N) is 1. The minimum Gasteiger partial charge on any atom is -0.353 e. The molecule has 9 nitrogen and oxygen atoms in total. The summed E-state index contributed by atoms with van der Waals surface area (Å²) in [7, 11) is -3.76. The summed E-state index contributed by atoms with van der Waals surface area (Å²) >= 11 is 0. The van der Waals surface area contributed by atoms with Gasteiger partial charge in [0.2, 0.25) is 10.0 Å². The number of carbonyl (C=O) groups excluding carboxylic acids is 2. The summed E-state index contributed by atoms with van der Waals surface area (Å²) < 4.78 is 22.5. The predicted octanol–water partition coefficient (Wildman–Crippen LogP) is -0.306. The fourth-order valence-corrected chi connectivity index (χ4v) is 3.39. The van der Waals surface area contributed by atoms with Gasteiger partial charge in [-0.3, -0.25) is 9.59 Å². The Kier molecular flexibility index (Phi) is 5.90. The average molecular weight is 403 g/mol. The van der Waals surface area contributed by atoms with E-state index in [0.717, 1.165) is 5.82 Å². The molecule has 0 spiro atoms. The molecule has 2 aromatic rings. The summed E-state index contributed by atoms with van der Waals surface area (Å²) in [6.45, 7) is 2.19. The lowest BCUT2D eigenvalue weighted by molar-refractivity contribution is -0.146. The van der Waals surface area contributed by atoms with Crippen molar-refractivity contribution >= 4 is 27.7 Å². The average Bonchev–Trinajstić information content (AvgIpc) is 2.72. The van der Waals surface area contributed by atoms with Crippen LogP contribution in [0.2, 0.25) is 0 Å². The topological polar surface area (TPSA) is 126 Å². The standard InChI is InChI=1S/C18H21N5O4S/c19-28(26,27)15-6-4-14(5-7-15)13-21-17(24)18(25)23-11-9-22(10-12-23)16-3-1-2-8-20-16/h1-8H,9-13H2,(H,21,24)(H2,19,26,27). The minimum absolute atomic E-state index is 0.00979. The Hall–Kier alpha value is -2.98. The number of anilines is 1. The Morgan fingerprint density at radius 3 is 2.29 bits per heavy atom. The number of pyridine rings is 1. The number of nitrogens with one attached hydrogen (secondary N) is 1. The Morgan fingerprint density at radius 1 is 1.04 bits per heavy atom. The largest absolute Gasteiger partial charge is 0.353 e. The van der Waals surface area contributed by atoms with Gasteiger partial charge < -0.3 is 15.1 Å². The van der Waals surface area contributed by atoms with Crippen LogP contribution >= 0.6 is 0 Å². The molecule has 1 aromatic carbocycles. The maximum Gasteiger partial charge on any atom is 0.312 e. The maximum absolute atomic E-state index is 12.3. The van der Waals surface area contributed by atoms with E-state index in [2.05, 4.69) is 15.2 Å². The molecule has 1 saturated heterocycles. The van der Waals surface area contributed by atoms with E-state index in [9.17, 15) is 18.0 Å². The number of aromatic nitrogens is 1. The van der Waals surface area contributed by atoms with Crippen LogP contribution in [0, 0.1) is 0 Å². The van der Waals surface area contributed by atoms with E-state index >= 15 is 0 Å². The SMILES string of the molecule is NS(=O)(=O)c1ccc(CNC(=O)C(=O)N2CCN(c3ccccn3)CC2)cc1. The summed E-state index contributed by atoms with van der Waals surface area (Å²) in [6, 6.07) is 11.4. The Balaban J connectivity index is 1.49. The van der Waals surface area contributed by atoms with Crippen LogP contribution < -0.4 is 15.4 Å². The Morgan fingerprint density at radius 2 is 1.71 bits per heavy atom. The van der Waals surface area contributed by atoms with Gasteiger partial charge in [0.15, 0.2) is 0 Å². The first-order valence-electron chi connectivity index (χ1n) is 8.69. The third-order valence-electron chi connectivity index (χ3n) is 4.44. The van der Waals surface area contributed by atoms with E-state index < -0.39 is 21.8 Å². The van der Waals surface area contributed by atoms with Gasteiger partial charge in [0.05, 0.1) is 4.90 Å². The molecule has 0 bridgehead atoms. The van der Waals surface area contributed by atoms with Crippen LogP contribution in [0.15, 0.2) is 53.6 Å². The molecule has 1 fully saturated rings. The Labute approximate surface area is 163 Å². The molecule has 0 aliphatic carbocycles. The van der Waals surface area contributed by atoms with Crippen molar-refractivity contribution < 1.29 is 18.0 Å². The molecule has 0 saturated carbocycles. The van der Waals surface area contributed by atoms with Gasteiger partial charge in [-0.05, 0) is 29.8 Å². The van der Waals surface area contributed by atoms with E-state index in [4.69, 9.17) is 5.14 Å². The second-order valence-corrected chi connectivity index (χ2v) is 7.90. The fourth-order valence-electron chi connectivity index (χ4n) is 2.88. The molecule has 0 radical (unpaired) electrons. The molecule has 1 aliphatic heterocycles. The van der Waals surface area contributed by atoms with E-state index in [-0.39, 0.29) is 11.4 Å². The van der Waals surface area contributed by atoms with Crippen LogP contribution in [0.1, 0.15) is 5.56 Å². The first-order valence-corrected chi connectivity index (χ1v) is 10.2. The summed E-state index contributed by atoms with van der Waals surface area (Å²) in [5.74, 6) is -0.425. The highest BCUT2D eigenvalue weighted by atomic mass is 32.2. The predicted molar refractivity (Wildman–Crippen MR) is 103 cm³/mol. The minimum atomic E-state index is -3.76. The maximum atomic E-state index is 12.3. The van der Waals surface area contributed by atoms with E-state index in [1.54, 1.807) is 6.20 Å². The van der Waals surface area contributed by atoms with Gasteiger partial charge >= 0.3 is 11.8 Å². The van der Waals surface area contributed by atoms with Crippen LogP contribution in [-0.2, 0) is 26.2 Å². The Bertz CT molecular complexity index is 940. The number of sulfonamides is 1. The van der Waals surface area contributed by atoms with Crippen LogP contribution in [0.3, 0.4) is 0 Å². The van der Waals surface area contributed by atoms with E-state index in [1.165, 1.54) is 29.2 Å². The van der Waals surface area contributed by atoms with Gasteiger partial charge in [-0.15, -0.1) is 0 Å². The zero-order valence-electron chi connectivity index (χ0n) is 15.1. The van der Waals surface area contributed by atoms with Crippen molar-refractivity contribution in [1.82, 2.24) is 15.2 Å². The molecule has 1 aromatic heterocycles. The molecule has 0 unspecified atom stereocenters. The first-order chi connectivity index (χ1) is 13.3. The van der Waals surface area contributed by atoms with Crippen molar-refractivity contribution in [3.05, 3.63) is 54.2 Å². The smallest absolute Gasteiger partial charge is 0.312 e. The highest BCUT2D eigenvalue weighted by molar-refractivity contribution is 7.89. The van der Waals surface area contributed by atoms with Crippen molar-refractivity contribution in [2.45, 2.75) is 11.4 Å². The van der Waals surface area contributed by atoms with Gasteiger partial charge in [-0.2, -0.15) is 0 Å². The molecule has 148 valence electrons. The third kappa shape index (κ3) is 4.84. The highest BCUT2D eigenvalue weighted by Gasteiger charge is 2.26. The molecule has 2 amide bonds. The zero-order valence-corrected chi connectivity index (χ0v) is 15.9. The van der Waals surface area contributed by atoms with Crippen molar-refractivity contribution in [3.8, 4) is 0 Å². The molecule has 10 heteroatoms. The van der Waals surface area contributed by atoms with Gasteiger partial charge in [0.1, 0.15) is 5.82 Å². The lowest BCUT2D eigenvalue weighted by Gasteiger charge is -2.35. The summed E-state index contributed by atoms with van der Waals surface area (Å²) in [5, 5.41) is 7.60. The lowest BCUT2D eigenvalue weighted by atomic mass is 10.2. The molecule has 0 atom stereocenters. The van der Waals surface area contributed by atoms with Crippen molar-refractivity contribution in [3.63, 3.8) is 0 Å². The fraction of sp³-hybridized carbons (Fsp3) is 0.278. The first kappa shape index (κ1) is 19.8. The normalized spacial score (nSPS) is 14.6. The number of hydrogen-bond donors (Lipinski definition) is 2. The van der Waals surface area contributed by atoms with Gasteiger partial charge in [-0.25, -0.2) is 18.5 Å². The molecule has 3 N–H and O–H groups in total. The number of amides is 2. The molecule has 2 heterocycles. The summed E-state index contributed by atoms with van der Waals surface area (Å²) in [4.78, 5) is 32.3. The zero-order chi connectivity index (χ0) is 20.1. The molecular formula is C18H21N5O4S. The molecule has 1 aliphatic rings. The number of primary sulfonamides is 1. The second kappa shape index (κ2) is 8.36. The van der Waals surface area contributed by atoms with Crippen LogP contribution in [0.5, 0.6) is 0 Å². The number of carbonyl (C=O) groups is 2. The third-order valence-corrected chi connectivity index (χ3v) is 5.37. The van der Waals surface area contributed by atoms with Crippen molar-refractivity contribution in [2.24, 2.45) is 5.14 Å². The van der Waals surface area contributed by atoms with Gasteiger partial charge in [0.25, 0.3) is 0 Å². The molecular weight excluding hydrogens is 382 g/mol. The second-order valence-electron chi connectivity index (χ2n) is 6.34. The number of benzene rings is 1. The summed E-state index contributed by atoms with van der Waals surface area (Å²) in [5.41, 5.74) is 0.661. The van der Waals surface area contributed by atoms with Gasteiger partial charge in [0, 0.05) is 38.9 Å². The van der Waals surface area contributed by atoms with Crippen molar-refractivity contribution in [2.75, 3.05) is 31.1 Å². The van der Waals surface area contributed by atoms with Crippen LogP contribution in [0.25, 0.3) is 0 Å². The monoisotopic (exact) mass is 403 g/mol. The lowest BCUT2D eigenvalue weighted by Crippen LogP contribution is -2.52. The van der Waals surface area contributed by atoms with Crippen LogP contribution in [0.4, 0.5) is 5.82 Å². The number of rotatable bonds is 4. The van der Waals surface area contributed by atoms with E-state index in [0.29, 0.717) is 31.7 Å². The molecule has 28 heavy (non-hydrogen) atoms. The van der Waals surface area contributed by atoms with E-state index in [1.807, 2.05) is 18.2 Å². The molecule has 3 rings (SSSR count). The number of hydrogen-bond acceptors (Lipinski definition) is 6. The highest BCUT2D eigenvalue weighted by Crippen LogP contribution is 2.13. The van der Waals surface area contributed by atoms with Gasteiger partial charge in [-0.1, -0.05) is 18.2 Å².